The molecule has 3 saturated carbocycles. The number of esters is 1. The molecule has 8 atom stereocenters. The molecule has 4 aliphatic carbocycles. The molecular formula is C30H40ClNO3. The van der Waals surface area contributed by atoms with Gasteiger partial charge in [0.25, 0.3) is 0 Å². The minimum Gasteiger partial charge on any atom is -0.457 e. The number of fused-ring (bicyclic) bond motifs is 5. The van der Waals surface area contributed by atoms with Crippen LogP contribution >= 0.6 is 11.8 Å². The van der Waals surface area contributed by atoms with E-state index < -0.39 is 6.04 Å². The number of allylic oxidation sites excluding steroid dienone is 1. The zero-order chi connectivity index (χ0) is 24.8. The Morgan fingerprint density at radius 2 is 1.83 bits per heavy atom. The Morgan fingerprint density at radius 1 is 1.06 bits per heavy atom. The normalized spacial score (nSPS) is 39.0. The fourth-order valence-electron chi connectivity index (χ4n) is 8.70. The molecule has 4 aliphatic rings. The van der Waals surface area contributed by atoms with Crippen LogP contribution in [-0.2, 0) is 20.7 Å². The molecule has 0 amide bonds. The first-order valence-corrected chi connectivity index (χ1v) is 14.0. The molecule has 1 aromatic rings. The minimum atomic E-state index is -0.561. The molecule has 5 rings (SSSR count). The molecule has 0 saturated heterocycles. The molecule has 0 aromatic heterocycles. The van der Waals surface area contributed by atoms with Crippen LogP contribution in [0.1, 0.15) is 77.7 Å². The van der Waals surface area contributed by atoms with Crippen molar-refractivity contribution in [2.45, 2.75) is 90.7 Å². The second-order valence-corrected chi connectivity index (χ2v) is 12.4. The first-order chi connectivity index (χ1) is 16.8. The maximum atomic E-state index is 12.9. The number of nitrogens with one attached hydrogen (secondary N) is 1. The van der Waals surface area contributed by atoms with Crippen LogP contribution in [0.15, 0.2) is 42.0 Å². The van der Waals surface area contributed by atoms with E-state index in [0.29, 0.717) is 24.0 Å². The van der Waals surface area contributed by atoms with Crippen LogP contribution < -0.4 is 4.84 Å². The number of halogens is 1. The lowest BCUT2D eigenvalue weighted by atomic mass is 9.46. The van der Waals surface area contributed by atoms with Gasteiger partial charge in [0.1, 0.15) is 17.9 Å². The molecule has 4 nitrogen and oxygen atoms in total. The molecule has 0 aliphatic heterocycles. The Bertz CT molecular complexity index is 993. The van der Waals surface area contributed by atoms with E-state index in [0.717, 1.165) is 37.2 Å². The summed E-state index contributed by atoms with van der Waals surface area (Å²) in [7, 11) is 0. The predicted molar refractivity (Wildman–Crippen MR) is 139 cm³/mol. The minimum absolute atomic E-state index is 0.173. The van der Waals surface area contributed by atoms with Crippen LogP contribution in [0.5, 0.6) is 0 Å². The van der Waals surface area contributed by atoms with Crippen molar-refractivity contribution in [3.05, 3.63) is 47.5 Å². The Balaban J connectivity index is 1.27. The molecule has 190 valence electrons. The van der Waals surface area contributed by atoms with Gasteiger partial charge in [0, 0.05) is 5.92 Å². The Morgan fingerprint density at radius 3 is 2.54 bits per heavy atom. The van der Waals surface area contributed by atoms with Gasteiger partial charge in [0.05, 0.1) is 0 Å². The lowest BCUT2D eigenvalue weighted by Crippen LogP contribution is -2.51. The zero-order valence-corrected chi connectivity index (χ0v) is 22.2. The number of carbonyl (C=O) groups is 2. The molecule has 0 bridgehead atoms. The van der Waals surface area contributed by atoms with Crippen LogP contribution in [0.4, 0.5) is 0 Å². The Kier molecular flexibility index (Phi) is 6.91. The third-order valence-corrected chi connectivity index (χ3v) is 10.8. The lowest BCUT2D eigenvalue weighted by molar-refractivity contribution is -0.150. The van der Waals surface area contributed by atoms with E-state index in [1.54, 1.807) is 6.92 Å². The molecule has 35 heavy (non-hydrogen) atoms. The van der Waals surface area contributed by atoms with Crippen LogP contribution in [0.25, 0.3) is 0 Å². The van der Waals surface area contributed by atoms with Gasteiger partial charge >= 0.3 is 5.97 Å². The van der Waals surface area contributed by atoms with Crippen LogP contribution in [0.2, 0.25) is 0 Å². The van der Waals surface area contributed by atoms with Crippen molar-refractivity contribution in [2.75, 3.05) is 0 Å². The molecule has 1 aromatic carbocycles. The summed E-state index contributed by atoms with van der Waals surface area (Å²) in [5.41, 5.74) is 2.93. The van der Waals surface area contributed by atoms with Gasteiger partial charge in [0.2, 0.25) is 0 Å². The first-order valence-electron chi connectivity index (χ1n) is 13.6. The highest BCUT2D eigenvalue weighted by Crippen LogP contribution is 2.66. The van der Waals surface area contributed by atoms with E-state index >= 15 is 0 Å². The van der Waals surface area contributed by atoms with Gasteiger partial charge in [-0.25, -0.2) is 4.84 Å². The maximum absolute atomic E-state index is 12.9. The van der Waals surface area contributed by atoms with E-state index in [1.165, 1.54) is 31.3 Å². The van der Waals surface area contributed by atoms with E-state index in [1.807, 2.05) is 30.3 Å². The van der Waals surface area contributed by atoms with Gasteiger partial charge in [-0.3, -0.25) is 9.59 Å². The van der Waals surface area contributed by atoms with E-state index in [2.05, 4.69) is 24.8 Å². The van der Waals surface area contributed by atoms with Crippen molar-refractivity contribution < 1.29 is 14.3 Å². The number of hydrogen-bond acceptors (Lipinski definition) is 4. The van der Waals surface area contributed by atoms with Crippen LogP contribution in [-0.4, -0.2) is 23.9 Å². The van der Waals surface area contributed by atoms with Gasteiger partial charge in [-0.15, -0.1) is 0 Å². The summed E-state index contributed by atoms with van der Waals surface area (Å²) in [6.45, 7) is 6.68. The number of benzene rings is 1. The SMILES string of the molecule is CC(=O)[C@H]1CCC2C3CCC4=C[C@@H](OC(=O)[C@H](Cc5ccccc5)NCl)CC[C@]4(C)C3CC[C@@]21C. The summed E-state index contributed by atoms with van der Waals surface area (Å²) in [5.74, 6) is 2.45. The lowest BCUT2D eigenvalue weighted by Gasteiger charge is -2.58. The third kappa shape index (κ3) is 4.39. The summed E-state index contributed by atoms with van der Waals surface area (Å²) < 4.78 is 5.97. The first kappa shape index (κ1) is 25.0. The highest BCUT2D eigenvalue weighted by Gasteiger charge is 2.59. The number of carbonyl (C=O) groups excluding carboxylic acids is 2. The van der Waals surface area contributed by atoms with E-state index in [-0.39, 0.29) is 28.8 Å². The van der Waals surface area contributed by atoms with E-state index in [4.69, 9.17) is 16.5 Å². The van der Waals surface area contributed by atoms with Crippen molar-refractivity contribution in [1.82, 2.24) is 4.84 Å². The van der Waals surface area contributed by atoms with Gasteiger partial charge in [-0.2, -0.15) is 0 Å². The summed E-state index contributed by atoms with van der Waals surface area (Å²) >= 11 is 5.94. The zero-order valence-electron chi connectivity index (χ0n) is 21.4. The smallest absolute Gasteiger partial charge is 0.325 e. The van der Waals surface area contributed by atoms with Crippen LogP contribution in [0, 0.1) is 34.5 Å². The fourth-order valence-corrected chi connectivity index (χ4v) is 8.87. The highest BCUT2D eigenvalue weighted by molar-refractivity contribution is 6.14. The molecule has 5 heteroatoms. The second kappa shape index (κ2) is 9.67. The highest BCUT2D eigenvalue weighted by atomic mass is 35.5. The van der Waals surface area contributed by atoms with Crippen molar-refractivity contribution in [1.29, 1.82) is 0 Å². The Hall–Kier alpha value is -1.65. The topological polar surface area (TPSA) is 55.4 Å². The number of ether oxygens (including phenoxy) is 1. The number of rotatable bonds is 6. The molecule has 3 fully saturated rings. The van der Waals surface area contributed by atoms with E-state index in [9.17, 15) is 9.59 Å². The van der Waals surface area contributed by atoms with Crippen LogP contribution in [0.3, 0.4) is 0 Å². The van der Waals surface area contributed by atoms with Crippen molar-refractivity contribution in [3.63, 3.8) is 0 Å². The van der Waals surface area contributed by atoms with Gasteiger partial charge < -0.3 is 4.74 Å². The Labute approximate surface area is 215 Å². The number of ketones is 1. The average Bonchev–Trinajstić information content (AvgIpc) is 3.21. The van der Waals surface area contributed by atoms with Gasteiger partial charge in [-0.1, -0.05) is 49.8 Å². The molecule has 0 radical (unpaired) electrons. The summed E-state index contributed by atoms with van der Waals surface area (Å²) in [4.78, 5) is 28.0. The third-order valence-electron chi connectivity index (χ3n) is 10.5. The van der Waals surface area contributed by atoms with Gasteiger partial charge in [-0.05, 0) is 117 Å². The molecular weight excluding hydrogens is 458 g/mol. The summed E-state index contributed by atoms with van der Waals surface area (Å²) in [6, 6.07) is 9.33. The second-order valence-electron chi connectivity index (χ2n) is 12.2. The quantitative estimate of drug-likeness (QED) is 0.280. The average molecular weight is 498 g/mol. The summed E-state index contributed by atoms with van der Waals surface area (Å²) in [6.07, 6.45) is 11.5. The standard InChI is InChI=1S/C30H40ClNO3/c1-19(33)24-11-12-25-23-10-9-21-18-22(13-15-29(21,2)26(23)14-16-30(24,25)3)35-28(34)27(32-31)17-20-7-5-4-6-8-20/h4-8,18,22-27,32H,9-17H2,1-3H3/t22-,23?,24+,25?,26?,27-,29-,30+/m0/s1. The fraction of sp³-hybridized carbons (Fsp3) is 0.667. The monoisotopic (exact) mass is 497 g/mol. The largest absolute Gasteiger partial charge is 0.457 e. The molecule has 1 N–H and O–H groups in total. The summed E-state index contributed by atoms with van der Waals surface area (Å²) in [5, 5.41) is 0. The van der Waals surface area contributed by atoms with Crippen molar-refractivity contribution in [2.24, 2.45) is 34.5 Å². The number of hydrogen-bond donors (Lipinski definition) is 1. The molecule has 0 heterocycles. The molecule has 0 spiro atoms. The predicted octanol–water partition coefficient (Wildman–Crippen LogP) is 6.42. The van der Waals surface area contributed by atoms with Gasteiger partial charge in [0.15, 0.2) is 0 Å². The molecule has 3 unspecified atom stereocenters. The van der Waals surface area contributed by atoms with Crippen molar-refractivity contribution >= 4 is 23.5 Å². The number of Topliss-reactive ketones (excluding diaryl/α,β-unsaturated/α-hetero) is 1. The maximum Gasteiger partial charge on any atom is 0.325 e. The van der Waals surface area contributed by atoms with Crippen molar-refractivity contribution in [3.8, 4) is 0 Å².